The summed E-state index contributed by atoms with van der Waals surface area (Å²) in [6.07, 6.45) is 0. The molecule has 1 aromatic rings. The highest BCUT2D eigenvalue weighted by Gasteiger charge is 2.25. The molecule has 1 rings (SSSR count). The van der Waals surface area contributed by atoms with Crippen LogP contribution in [0.15, 0.2) is 29.2 Å². The highest BCUT2D eigenvalue weighted by molar-refractivity contribution is 7.92. The second-order valence-electron chi connectivity index (χ2n) is 4.29. The minimum absolute atomic E-state index is 0.103. The van der Waals surface area contributed by atoms with Gasteiger partial charge < -0.3 is 4.90 Å². The summed E-state index contributed by atoms with van der Waals surface area (Å²) < 4.78 is 37.2. The van der Waals surface area contributed by atoms with Crippen molar-refractivity contribution in [3.8, 4) is 0 Å². The lowest BCUT2D eigenvalue weighted by atomic mass is 10.3. The van der Waals surface area contributed by atoms with Gasteiger partial charge in [-0.3, -0.25) is 4.79 Å². The van der Waals surface area contributed by atoms with Gasteiger partial charge in [-0.1, -0.05) is 12.1 Å². The molecular weight excluding hydrogens is 257 g/mol. The first-order valence-electron chi connectivity index (χ1n) is 5.48. The summed E-state index contributed by atoms with van der Waals surface area (Å²) in [4.78, 5) is 12.6. The van der Waals surface area contributed by atoms with Gasteiger partial charge in [0.05, 0.1) is 0 Å². The first-order valence-corrected chi connectivity index (χ1v) is 7.14. The lowest BCUT2D eigenvalue weighted by molar-refractivity contribution is -0.128. The molecule has 0 spiro atoms. The van der Waals surface area contributed by atoms with Gasteiger partial charge in [-0.25, -0.2) is 12.8 Å². The van der Waals surface area contributed by atoms with Gasteiger partial charge in [0.2, 0.25) is 5.91 Å². The van der Waals surface area contributed by atoms with Gasteiger partial charge >= 0.3 is 0 Å². The fraction of sp³-hybridized carbons (Fsp3) is 0.417. The minimum atomic E-state index is -3.93. The van der Waals surface area contributed by atoms with Crippen LogP contribution in [0.1, 0.15) is 13.8 Å². The van der Waals surface area contributed by atoms with Gasteiger partial charge in [0.15, 0.2) is 9.84 Å². The monoisotopic (exact) mass is 273 g/mol. The van der Waals surface area contributed by atoms with Crippen LogP contribution in [0.3, 0.4) is 0 Å². The average molecular weight is 273 g/mol. The molecule has 0 radical (unpaired) electrons. The first kappa shape index (κ1) is 14.6. The Bertz CT molecular complexity index is 540. The second-order valence-corrected chi connectivity index (χ2v) is 6.25. The molecule has 0 aromatic heterocycles. The van der Waals surface area contributed by atoms with Crippen LogP contribution in [0, 0.1) is 5.82 Å². The van der Waals surface area contributed by atoms with E-state index in [1.165, 1.54) is 24.1 Å². The van der Waals surface area contributed by atoms with E-state index in [0.717, 1.165) is 12.1 Å². The van der Waals surface area contributed by atoms with Gasteiger partial charge in [0.1, 0.15) is 16.5 Å². The Morgan fingerprint density at radius 1 is 1.33 bits per heavy atom. The van der Waals surface area contributed by atoms with Crippen molar-refractivity contribution in [2.75, 3.05) is 12.8 Å². The molecule has 0 fully saturated rings. The van der Waals surface area contributed by atoms with Crippen molar-refractivity contribution >= 4 is 15.7 Å². The Balaban J connectivity index is 2.97. The van der Waals surface area contributed by atoms with Crippen molar-refractivity contribution in [1.82, 2.24) is 4.90 Å². The molecule has 0 saturated carbocycles. The molecule has 18 heavy (non-hydrogen) atoms. The molecule has 4 nitrogen and oxygen atoms in total. The average Bonchev–Trinajstić information content (AvgIpc) is 2.27. The van der Waals surface area contributed by atoms with Crippen molar-refractivity contribution in [3.63, 3.8) is 0 Å². The molecule has 0 N–H and O–H groups in total. The van der Waals surface area contributed by atoms with Crippen LogP contribution >= 0.6 is 0 Å². The molecule has 100 valence electrons. The number of nitrogens with zero attached hydrogens (tertiary/aromatic N) is 1. The van der Waals surface area contributed by atoms with E-state index in [9.17, 15) is 17.6 Å². The predicted octanol–water partition coefficient (Wildman–Crippen LogP) is 1.47. The molecule has 1 amide bonds. The standard InChI is InChI=1S/C12H16FNO3S/c1-9(2)14(3)12(15)8-18(16,17)11-7-5-4-6-10(11)13/h4-7,9H,8H2,1-3H3. The zero-order chi connectivity index (χ0) is 13.9. The Morgan fingerprint density at radius 3 is 2.39 bits per heavy atom. The number of carbonyl (C=O) groups excluding carboxylic acids is 1. The van der Waals surface area contributed by atoms with E-state index < -0.39 is 32.2 Å². The third kappa shape index (κ3) is 3.29. The number of halogens is 1. The number of hydrogen-bond donors (Lipinski definition) is 0. The van der Waals surface area contributed by atoms with Gasteiger partial charge in [0, 0.05) is 13.1 Å². The van der Waals surface area contributed by atoms with E-state index in [0.29, 0.717) is 0 Å². The third-order valence-electron chi connectivity index (χ3n) is 2.65. The van der Waals surface area contributed by atoms with Crippen LogP contribution in [0.5, 0.6) is 0 Å². The van der Waals surface area contributed by atoms with Crippen LogP contribution in [-0.4, -0.2) is 38.1 Å². The normalized spacial score (nSPS) is 11.6. The summed E-state index contributed by atoms with van der Waals surface area (Å²) in [5.74, 6) is -2.10. The maximum Gasteiger partial charge on any atom is 0.238 e. The Hall–Kier alpha value is -1.43. The summed E-state index contributed by atoms with van der Waals surface area (Å²) >= 11 is 0. The van der Waals surface area contributed by atoms with Gasteiger partial charge in [-0.2, -0.15) is 0 Å². The molecular formula is C12H16FNO3S. The second kappa shape index (κ2) is 5.48. The van der Waals surface area contributed by atoms with Crippen molar-refractivity contribution < 1.29 is 17.6 Å². The van der Waals surface area contributed by atoms with E-state index in [-0.39, 0.29) is 6.04 Å². The van der Waals surface area contributed by atoms with Gasteiger partial charge in [-0.05, 0) is 26.0 Å². The van der Waals surface area contributed by atoms with Crippen LogP contribution in [0.4, 0.5) is 4.39 Å². The Kier molecular flexibility index (Phi) is 4.45. The van der Waals surface area contributed by atoms with Crippen LogP contribution in [0.25, 0.3) is 0 Å². The van der Waals surface area contributed by atoms with E-state index in [1.54, 1.807) is 13.8 Å². The van der Waals surface area contributed by atoms with Crippen molar-refractivity contribution in [2.45, 2.75) is 24.8 Å². The minimum Gasteiger partial charge on any atom is -0.342 e. The van der Waals surface area contributed by atoms with Crippen molar-refractivity contribution in [2.24, 2.45) is 0 Å². The summed E-state index contributed by atoms with van der Waals surface area (Å²) in [6, 6.07) is 4.94. The third-order valence-corrected chi connectivity index (χ3v) is 4.28. The maximum absolute atomic E-state index is 13.4. The van der Waals surface area contributed by atoms with Gasteiger partial charge in [-0.15, -0.1) is 0 Å². The van der Waals surface area contributed by atoms with E-state index in [4.69, 9.17) is 0 Å². The lowest BCUT2D eigenvalue weighted by Crippen LogP contribution is -2.37. The van der Waals surface area contributed by atoms with Gasteiger partial charge in [0.25, 0.3) is 0 Å². The number of rotatable bonds is 4. The largest absolute Gasteiger partial charge is 0.342 e. The Morgan fingerprint density at radius 2 is 1.89 bits per heavy atom. The predicted molar refractivity (Wildman–Crippen MR) is 66.4 cm³/mol. The summed E-state index contributed by atoms with van der Waals surface area (Å²) in [6.45, 7) is 3.54. The molecule has 0 saturated heterocycles. The van der Waals surface area contributed by atoms with E-state index in [2.05, 4.69) is 0 Å². The number of carbonyl (C=O) groups is 1. The van der Waals surface area contributed by atoms with E-state index in [1.807, 2.05) is 0 Å². The van der Waals surface area contributed by atoms with Crippen molar-refractivity contribution in [1.29, 1.82) is 0 Å². The van der Waals surface area contributed by atoms with Crippen LogP contribution in [0.2, 0.25) is 0 Å². The zero-order valence-electron chi connectivity index (χ0n) is 10.6. The summed E-state index contributed by atoms with van der Waals surface area (Å²) in [5, 5.41) is 0. The molecule has 0 atom stereocenters. The smallest absolute Gasteiger partial charge is 0.238 e. The molecule has 1 aromatic carbocycles. The molecule has 0 bridgehead atoms. The van der Waals surface area contributed by atoms with Crippen LogP contribution < -0.4 is 0 Å². The SMILES string of the molecule is CC(C)N(C)C(=O)CS(=O)(=O)c1ccccc1F. The molecule has 0 aliphatic rings. The number of hydrogen-bond acceptors (Lipinski definition) is 3. The number of benzene rings is 1. The molecule has 6 heteroatoms. The highest BCUT2D eigenvalue weighted by Crippen LogP contribution is 2.15. The molecule has 0 aliphatic heterocycles. The maximum atomic E-state index is 13.4. The molecule has 0 heterocycles. The highest BCUT2D eigenvalue weighted by atomic mass is 32.2. The fourth-order valence-corrected chi connectivity index (χ4v) is 2.66. The van der Waals surface area contributed by atoms with Crippen molar-refractivity contribution in [3.05, 3.63) is 30.1 Å². The lowest BCUT2D eigenvalue weighted by Gasteiger charge is -2.21. The number of amides is 1. The Labute approximate surface area is 106 Å². The van der Waals surface area contributed by atoms with E-state index >= 15 is 0 Å². The summed E-state index contributed by atoms with van der Waals surface area (Å²) in [7, 11) is -2.42. The van der Waals surface area contributed by atoms with Crippen LogP contribution in [-0.2, 0) is 14.6 Å². The summed E-state index contributed by atoms with van der Waals surface area (Å²) in [5.41, 5.74) is 0. The number of sulfone groups is 1. The molecule has 0 unspecified atom stereocenters. The topological polar surface area (TPSA) is 54.5 Å². The zero-order valence-corrected chi connectivity index (χ0v) is 11.4. The quantitative estimate of drug-likeness (QED) is 0.834. The molecule has 0 aliphatic carbocycles. The first-order chi connectivity index (χ1) is 8.25. The fourth-order valence-electron chi connectivity index (χ4n) is 1.33.